The monoisotopic (exact) mass is 326 g/mol. The summed E-state index contributed by atoms with van der Waals surface area (Å²) in [5.41, 5.74) is 11.8. The van der Waals surface area contributed by atoms with Crippen LogP contribution in [0.25, 0.3) is 0 Å². The maximum Gasteiger partial charge on any atom is 0.120 e. The summed E-state index contributed by atoms with van der Waals surface area (Å²) in [7, 11) is 1.73. The summed E-state index contributed by atoms with van der Waals surface area (Å²) in [5, 5.41) is 0. The van der Waals surface area contributed by atoms with Crippen LogP contribution in [-0.2, 0) is 18.0 Å². The Hall–Kier alpha value is -1.80. The van der Waals surface area contributed by atoms with Crippen molar-refractivity contribution in [2.75, 3.05) is 7.11 Å². The lowest BCUT2D eigenvalue weighted by Crippen LogP contribution is -2.07. The van der Waals surface area contributed by atoms with Crippen molar-refractivity contribution >= 4 is 0 Å². The summed E-state index contributed by atoms with van der Waals surface area (Å²) in [5.74, 6) is 0.917. The first-order valence-corrected chi connectivity index (χ1v) is 8.55. The molecule has 0 amide bonds. The average Bonchev–Trinajstić information content (AvgIpc) is 2.55. The second kappa shape index (κ2) is 7.40. The highest BCUT2D eigenvalue weighted by Gasteiger charge is 2.13. The lowest BCUT2D eigenvalue weighted by Gasteiger charge is -2.19. The number of rotatable bonds is 5. The van der Waals surface area contributed by atoms with E-state index in [1.807, 2.05) is 0 Å². The zero-order valence-corrected chi connectivity index (χ0v) is 16.4. The molecule has 0 spiro atoms. The Morgan fingerprint density at radius 1 is 0.667 bits per heavy atom. The summed E-state index contributed by atoms with van der Waals surface area (Å²) in [4.78, 5) is 0. The molecule has 0 saturated carbocycles. The fraction of sp³-hybridized carbons (Fsp3) is 0.455. The van der Waals surface area contributed by atoms with Crippen molar-refractivity contribution in [3.8, 4) is 5.75 Å². The topological polar surface area (TPSA) is 18.5 Å². The molecule has 0 unspecified atom stereocenters. The summed E-state index contributed by atoms with van der Waals surface area (Å²) in [6.07, 6.45) is 0. The van der Waals surface area contributed by atoms with Crippen molar-refractivity contribution in [2.24, 2.45) is 0 Å². The average molecular weight is 326 g/mol. The SMILES string of the molecule is COCc1cc(OCc2c(C)c(C)c(C)c(C)c2C)cc(C)c1C. The maximum absolute atomic E-state index is 6.17. The minimum atomic E-state index is 0.606. The van der Waals surface area contributed by atoms with Crippen LogP contribution < -0.4 is 4.74 Å². The van der Waals surface area contributed by atoms with E-state index in [9.17, 15) is 0 Å². The summed E-state index contributed by atoms with van der Waals surface area (Å²) in [6, 6.07) is 4.22. The van der Waals surface area contributed by atoms with Gasteiger partial charge in [0.1, 0.15) is 12.4 Å². The molecule has 2 aromatic carbocycles. The predicted molar refractivity (Wildman–Crippen MR) is 101 cm³/mol. The van der Waals surface area contributed by atoms with E-state index in [0.29, 0.717) is 13.2 Å². The van der Waals surface area contributed by atoms with Gasteiger partial charge in [0, 0.05) is 7.11 Å². The van der Waals surface area contributed by atoms with Crippen molar-refractivity contribution in [3.05, 3.63) is 62.2 Å². The molecule has 0 aliphatic heterocycles. The lowest BCUT2D eigenvalue weighted by atomic mass is 9.90. The van der Waals surface area contributed by atoms with Gasteiger partial charge in [-0.2, -0.15) is 0 Å². The van der Waals surface area contributed by atoms with Gasteiger partial charge in [0.15, 0.2) is 0 Å². The minimum Gasteiger partial charge on any atom is -0.489 e. The molecular formula is C22H30O2. The molecule has 0 fully saturated rings. The van der Waals surface area contributed by atoms with Crippen LogP contribution in [0.3, 0.4) is 0 Å². The second-order valence-corrected chi connectivity index (χ2v) is 6.85. The van der Waals surface area contributed by atoms with Crippen LogP contribution in [0, 0.1) is 48.5 Å². The van der Waals surface area contributed by atoms with Crippen molar-refractivity contribution in [2.45, 2.75) is 61.7 Å². The van der Waals surface area contributed by atoms with Gasteiger partial charge in [-0.3, -0.25) is 0 Å². The molecule has 0 saturated heterocycles. The maximum atomic E-state index is 6.17. The highest BCUT2D eigenvalue weighted by Crippen LogP contribution is 2.28. The molecule has 2 rings (SSSR count). The molecular weight excluding hydrogens is 296 g/mol. The van der Waals surface area contributed by atoms with E-state index in [0.717, 1.165) is 5.75 Å². The van der Waals surface area contributed by atoms with Gasteiger partial charge in [-0.1, -0.05) is 0 Å². The van der Waals surface area contributed by atoms with Crippen LogP contribution in [0.2, 0.25) is 0 Å². The first kappa shape index (κ1) is 18.5. The molecule has 0 aliphatic carbocycles. The number of ether oxygens (including phenoxy) is 2. The number of benzene rings is 2. The Balaban J connectivity index is 2.32. The first-order valence-electron chi connectivity index (χ1n) is 8.55. The molecule has 0 aliphatic rings. The van der Waals surface area contributed by atoms with E-state index in [4.69, 9.17) is 9.47 Å². The van der Waals surface area contributed by atoms with E-state index in [1.54, 1.807) is 7.11 Å². The zero-order valence-electron chi connectivity index (χ0n) is 16.4. The molecule has 0 N–H and O–H groups in total. The second-order valence-electron chi connectivity index (χ2n) is 6.85. The Labute approximate surface area is 146 Å². The third-order valence-corrected chi connectivity index (χ3v) is 5.59. The third-order valence-electron chi connectivity index (χ3n) is 5.59. The normalized spacial score (nSPS) is 11.0. The van der Waals surface area contributed by atoms with Gasteiger partial charge < -0.3 is 9.47 Å². The van der Waals surface area contributed by atoms with E-state index in [2.05, 4.69) is 60.6 Å². The Morgan fingerprint density at radius 3 is 1.75 bits per heavy atom. The molecule has 2 aromatic rings. The molecule has 130 valence electrons. The van der Waals surface area contributed by atoms with Gasteiger partial charge in [-0.15, -0.1) is 0 Å². The van der Waals surface area contributed by atoms with E-state index < -0.39 is 0 Å². The molecule has 2 heteroatoms. The van der Waals surface area contributed by atoms with E-state index >= 15 is 0 Å². The molecule has 0 bridgehead atoms. The molecule has 2 nitrogen and oxygen atoms in total. The zero-order chi connectivity index (χ0) is 18.0. The minimum absolute atomic E-state index is 0.606. The Bertz CT molecular complexity index is 728. The van der Waals surface area contributed by atoms with Crippen molar-refractivity contribution in [1.82, 2.24) is 0 Å². The van der Waals surface area contributed by atoms with Crippen molar-refractivity contribution < 1.29 is 9.47 Å². The van der Waals surface area contributed by atoms with Gasteiger partial charge in [0.25, 0.3) is 0 Å². The van der Waals surface area contributed by atoms with E-state index in [-0.39, 0.29) is 0 Å². The van der Waals surface area contributed by atoms with Crippen LogP contribution >= 0.6 is 0 Å². The van der Waals surface area contributed by atoms with Gasteiger partial charge in [-0.05, 0) is 111 Å². The van der Waals surface area contributed by atoms with Crippen LogP contribution in [0.15, 0.2) is 12.1 Å². The smallest absolute Gasteiger partial charge is 0.120 e. The van der Waals surface area contributed by atoms with Crippen LogP contribution in [0.1, 0.15) is 50.1 Å². The standard InChI is InChI=1S/C22H30O2/c1-13-9-21(10-20(11-23-8)14(13)2)24-12-22-18(6)16(4)15(3)17(5)19(22)7/h9-10H,11-12H2,1-8H3. The number of hydrogen-bond donors (Lipinski definition) is 0. The van der Waals surface area contributed by atoms with Gasteiger partial charge in [-0.25, -0.2) is 0 Å². The molecule has 0 atom stereocenters. The summed E-state index contributed by atoms with van der Waals surface area (Å²) < 4.78 is 11.5. The fourth-order valence-corrected chi connectivity index (χ4v) is 3.23. The highest BCUT2D eigenvalue weighted by molar-refractivity contribution is 5.49. The third kappa shape index (κ3) is 3.49. The highest BCUT2D eigenvalue weighted by atomic mass is 16.5. The lowest BCUT2D eigenvalue weighted by molar-refractivity contribution is 0.183. The largest absolute Gasteiger partial charge is 0.489 e. The van der Waals surface area contributed by atoms with Gasteiger partial charge >= 0.3 is 0 Å². The quantitative estimate of drug-likeness (QED) is 0.715. The summed E-state index contributed by atoms with van der Waals surface area (Å²) in [6.45, 7) is 16.5. The van der Waals surface area contributed by atoms with Crippen molar-refractivity contribution in [1.29, 1.82) is 0 Å². The summed E-state index contributed by atoms with van der Waals surface area (Å²) >= 11 is 0. The molecule has 0 aromatic heterocycles. The number of methoxy groups -OCH3 is 1. The van der Waals surface area contributed by atoms with Crippen LogP contribution in [0.4, 0.5) is 0 Å². The van der Waals surface area contributed by atoms with Crippen molar-refractivity contribution in [3.63, 3.8) is 0 Å². The molecule has 0 radical (unpaired) electrons. The number of aryl methyl sites for hydroxylation is 1. The van der Waals surface area contributed by atoms with Gasteiger partial charge in [0.2, 0.25) is 0 Å². The van der Waals surface area contributed by atoms with E-state index in [1.165, 1.54) is 50.1 Å². The molecule has 0 heterocycles. The first-order chi connectivity index (χ1) is 11.3. The van der Waals surface area contributed by atoms with Crippen LogP contribution in [-0.4, -0.2) is 7.11 Å². The van der Waals surface area contributed by atoms with Gasteiger partial charge in [0.05, 0.1) is 6.61 Å². The predicted octanol–water partition coefficient (Wildman–Crippen LogP) is 5.57. The van der Waals surface area contributed by atoms with Crippen LogP contribution in [0.5, 0.6) is 5.75 Å². The molecule has 24 heavy (non-hydrogen) atoms. The fourth-order valence-electron chi connectivity index (χ4n) is 3.23. The Kier molecular flexibility index (Phi) is 5.71. The Morgan fingerprint density at radius 2 is 1.21 bits per heavy atom. The number of hydrogen-bond acceptors (Lipinski definition) is 2.